The van der Waals surface area contributed by atoms with E-state index in [9.17, 15) is 14.3 Å². The highest BCUT2D eigenvalue weighted by molar-refractivity contribution is 7.47. The first-order valence-corrected chi connectivity index (χ1v) is 29.1. The van der Waals surface area contributed by atoms with Crippen molar-refractivity contribution in [3.05, 3.63) is 146 Å². The predicted octanol–water partition coefficient (Wildman–Crippen LogP) is 17.6. The van der Waals surface area contributed by atoms with E-state index in [0.29, 0.717) is 24.1 Å². The quantitative estimate of drug-likeness (QED) is 0.0213. The van der Waals surface area contributed by atoms with Crippen molar-refractivity contribution in [2.45, 2.75) is 187 Å². The highest BCUT2D eigenvalue weighted by atomic mass is 31.2. The Morgan fingerprint density at radius 1 is 0.437 bits per heavy atom. The number of phosphoric ester groups is 1. The fourth-order valence-electron chi connectivity index (χ4n) is 6.73. The molecule has 0 aliphatic rings. The molecule has 71 heavy (non-hydrogen) atoms. The second-order valence-corrected chi connectivity index (χ2v) is 20.3. The van der Waals surface area contributed by atoms with Crippen LogP contribution >= 0.6 is 7.82 Å². The molecule has 0 saturated heterocycles. The highest BCUT2D eigenvalue weighted by Crippen LogP contribution is 2.43. The number of rotatable bonds is 49. The van der Waals surface area contributed by atoms with E-state index >= 15 is 0 Å². The lowest BCUT2D eigenvalue weighted by molar-refractivity contribution is -0.870. The van der Waals surface area contributed by atoms with Crippen LogP contribution in [0, 0.1) is 0 Å². The number of unbranched alkanes of at least 4 members (excludes halogenated alkanes) is 11. The molecule has 1 N–H and O–H groups in total. The monoisotopic (exact) mass is 1000 g/mol. The molecule has 0 radical (unpaired) electrons. The Kier molecular flexibility index (Phi) is 50.0. The average molecular weight is 1010 g/mol. The van der Waals surface area contributed by atoms with Crippen LogP contribution in [0.3, 0.4) is 0 Å². The van der Waals surface area contributed by atoms with Crippen molar-refractivity contribution in [2.24, 2.45) is 0 Å². The maximum Gasteiger partial charge on any atom is 0.472 e. The van der Waals surface area contributed by atoms with Gasteiger partial charge in [-0.05, 0) is 116 Å². The Morgan fingerprint density at radius 2 is 0.775 bits per heavy atom. The van der Waals surface area contributed by atoms with Crippen molar-refractivity contribution >= 4 is 13.8 Å². The van der Waals surface area contributed by atoms with Gasteiger partial charge in [0.1, 0.15) is 19.3 Å². The summed E-state index contributed by atoms with van der Waals surface area (Å²) in [6, 6.07) is 0. The van der Waals surface area contributed by atoms with Gasteiger partial charge in [0, 0.05) is 13.0 Å². The molecule has 0 aromatic rings. The van der Waals surface area contributed by atoms with Crippen LogP contribution in [0.5, 0.6) is 0 Å². The zero-order valence-electron chi connectivity index (χ0n) is 45.6. The van der Waals surface area contributed by atoms with Crippen molar-refractivity contribution in [1.82, 2.24) is 0 Å². The molecule has 0 aromatic carbocycles. The third-order valence-electron chi connectivity index (χ3n) is 10.9. The number of quaternary nitrogens is 1. The van der Waals surface area contributed by atoms with Gasteiger partial charge >= 0.3 is 13.8 Å². The minimum Gasteiger partial charge on any atom is -0.457 e. The molecule has 0 heterocycles. The Morgan fingerprint density at radius 3 is 1.15 bits per heavy atom. The van der Waals surface area contributed by atoms with Crippen molar-refractivity contribution < 1.29 is 37.3 Å². The maximum absolute atomic E-state index is 12.8. The number of phosphoric acid groups is 1. The number of hydrogen-bond acceptors (Lipinski definition) is 6. The third kappa shape index (κ3) is 57.2. The summed E-state index contributed by atoms with van der Waals surface area (Å²) in [6.45, 7) is 5.28. The van der Waals surface area contributed by atoms with E-state index < -0.39 is 13.9 Å². The summed E-state index contributed by atoms with van der Waals surface area (Å²) in [5.41, 5.74) is 0. The largest absolute Gasteiger partial charge is 0.472 e. The van der Waals surface area contributed by atoms with Crippen molar-refractivity contribution in [1.29, 1.82) is 0 Å². The number of hydrogen-bond donors (Lipinski definition) is 1. The van der Waals surface area contributed by atoms with Crippen LogP contribution in [-0.2, 0) is 27.9 Å². The molecule has 2 atom stereocenters. The van der Waals surface area contributed by atoms with Crippen molar-refractivity contribution in [2.75, 3.05) is 54.1 Å². The van der Waals surface area contributed by atoms with E-state index in [2.05, 4.69) is 160 Å². The van der Waals surface area contributed by atoms with Gasteiger partial charge in [0.15, 0.2) is 0 Å². The fourth-order valence-corrected chi connectivity index (χ4v) is 7.48. The minimum absolute atomic E-state index is 0.0712. The van der Waals surface area contributed by atoms with Gasteiger partial charge in [-0.2, -0.15) is 0 Å². The highest BCUT2D eigenvalue weighted by Gasteiger charge is 2.26. The summed E-state index contributed by atoms with van der Waals surface area (Å²) >= 11 is 0. The number of likely N-dealkylation sites (N-methyl/N-ethyl adjacent to an activating group) is 1. The molecular weight excluding hydrogens is 902 g/mol. The molecule has 402 valence electrons. The van der Waals surface area contributed by atoms with Gasteiger partial charge in [-0.25, -0.2) is 4.57 Å². The lowest BCUT2D eigenvalue weighted by atomic mass is 10.1. The smallest absolute Gasteiger partial charge is 0.457 e. The number of esters is 1. The average Bonchev–Trinajstić information content (AvgIpc) is 3.33. The standard InChI is InChI=1S/C62H102NO7P/c1-6-8-10-12-14-16-18-20-22-24-26-28-30-31-32-34-36-38-40-42-44-46-48-50-52-54-57-67-59-61(60-69-71(65,66)68-58-56-63(3,4)5)70-62(64)55-53-51-49-47-45-43-41-39-37-35-33-29-27-25-23-21-19-17-15-13-11-9-7-2/h8-11,14-17,20-23,26-29,31-32,35-38,42,44,61H,6-7,12-13,18-19,24-25,30,33-34,39-41,43,45-60H2,1-5H3/p+1/b10-8-,11-9-,16-14-,17-15-,22-20-,23-21-,28-26-,29-27-,32-31-,37-35-,38-36-,44-42-. The van der Waals surface area contributed by atoms with E-state index in [0.717, 1.165) is 141 Å². The van der Waals surface area contributed by atoms with E-state index in [1.165, 1.54) is 19.3 Å². The lowest BCUT2D eigenvalue weighted by Gasteiger charge is -2.24. The molecule has 0 aromatic heterocycles. The summed E-state index contributed by atoms with van der Waals surface area (Å²) in [7, 11) is 1.61. The molecule has 0 aliphatic carbocycles. The molecule has 8 nitrogen and oxygen atoms in total. The zero-order chi connectivity index (χ0) is 51.9. The first-order chi connectivity index (χ1) is 34.6. The Hall–Kier alpha value is -3.62. The molecule has 2 unspecified atom stereocenters. The molecule has 9 heteroatoms. The predicted molar refractivity (Wildman–Crippen MR) is 306 cm³/mol. The number of nitrogens with zero attached hydrogens (tertiary/aromatic N) is 1. The minimum atomic E-state index is -4.31. The fraction of sp³-hybridized carbons (Fsp3) is 0.597. The van der Waals surface area contributed by atoms with Crippen LogP contribution in [0.4, 0.5) is 0 Å². The van der Waals surface area contributed by atoms with Crippen LogP contribution in [-0.4, -0.2) is 75.6 Å². The molecule has 0 saturated carbocycles. The number of carbonyl (C=O) groups excluding carboxylic acids is 1. The first-order valence-electron chi connectivity index (χ1n) is 27.6. The molecule has 0 fully saturated rings. The Balaban J connectivity index is 4.25. The number of allylic oxidation sites excluding steroid dienone is 24. The van der Waals surface area contributed by atoms with E-state index in [-0.39, 0.29) is 25.8 Å². The van der Waals surface area contributed by atoms with Crippen LogP contribution in [0.15, 0.2) is 146 Å². The van der Waals surface area contributed by atoms with E-state index in [1.54, 1.807) is 0 Å². The Labute approximate surface area is 436 Å². The van der Waals surface area contributed by atoms with Gasteiger partial charge in [0.05, 0.1) is 34.4 Å². The number of carbonyl (C=O) groups is 1. The normalized spacial score (nSPS) is 14.6. The van der Waals surface area contributed by atoms with Gasteiger partial charge in [-0.1, -0.05) is 205 Å². The maximum atomic E-state index is 12.8. The summed E-state index contributed by atoms with van der Waals surface area (Å²) in [5.74, 6) is -0.341. The molecule has 0 amide bonds. The number of ether oxygens (including phenoxy) is 2. The summed E-state index contributed by atoms with van der Waals surface area (Å²) < 4.78 is 35.2. The van der Waals surface area contributed by atoms with E-state index in [4.69, 9.17) is 18.5 Å². The van der Waals surface area contributed by atoms with E-state index in [1.807, 2.05) is 21.1 Å². The molecule has 0 rings (SSSR count). The van der Waals surface area contributed by atoms with Crippen LogP contribution in [0.25, 0.3) is 0 Å². The molecule has 0 aliphatic heterocycles. The summed E-state index contributed by atoms with van der Waals surface area (Å²) in [5, 5.41) is 0. The summed E-state index contributed by atoms with van der Waals surface area (Å²) in [6.07, 6.45) is 79.0. The van der Waals surface area contributed by atoms with Crippen molar-refractivity contribution in [3.8, 4) is 0 Å². The molecular formula is C62H103NO7P+. The van der Waals surface area contributed by atoms with Gasteiger partial charge in [0.25, 0.3) is 0 Å². The van der Waals surface area contributed by atoms with Gasteiger partial charge < -0.3 is 18.9 Å². The van der Waals surface area contributed by atoms with Gasteiger partial charge in [0.2, 0.25) is 0 Å². The Bertz CT molecular complexity index is 1640. The topological polar surface area (TPSA) is 91.3 Å². The second kappa shape index (κ2) is 52.7. The SMILES string of the molecule is CC/C=C\C/C=C\C/C=C\C/C=C\C/C=C\C/C=C\C/C=C\CCCCCCOCC(COP(=O)(O)OCC[N+](C)(C)C)OC(=O)CCCCCCCCC/C=C\C/C=C\C/C=C\C/C=C\C/C=C\CC. The lowest BCUT2D eigenvalue weighted by Crippen LogP contribution is -2.37. The third-order valence-corrected chi connectivity index (χ3v) is 11.9. The summed E-state index contributed by atoms with van der Waals surface area (Å²) in [4.78, 5) is 23.1. The molecule has 0 bridgehead atoms. The van der Waals surface area contributed by atoms with Crippen LogP contribution < -0.4 is 0 Å². The zero-order valence-corrected chi connectivity index (χ0v) is 46.5. The van der Waals surface area contributed by atoms with Crippen LogP contribution in [0.1, 0.15) is 181 Å². The second-order valence-electron chi connectivity index (χ2n) is 18.8. The first kappa shape index (κ1) is 67.4. The van der Waals surface area contributed by atoms with Crippen LogP contribution in [0.2, 0.25) is 0 Å². The van der Waals surface area contributed by atoms with Gasteiger partial charge in [-0.3, -0.25) is 13.8 Å². The molecule has 0 spiro atoms. The van der Waals surface area contributed by atoms with Gasteiger partial charge in [-0.15, -0.1) is 0 Å². The van der Waals surface area contributed by atoms with Crippen molar-refractivity contribution in [3.63, 3.8) is 0 Å².